The smallest absolute Gasteiger partial charge is 0.254 e. The summed E-state index contributed by atoms with van der Waals surface area (Å²) in [7, 11) is 0. The number of carbonyl (C=O) groups is 2. The molecule has 5 nitrogen and oxygen atoms in total. The minimum absolute atomic E-state index is 0. The topological polar surface area (TPSA) is 72.6 Å². The number of nitrogens with two attached hydrogens (primary N) is 1. The fraction of sp³-hybridized carbons (Fsp3) is 0.273. The molecule has 1 saturated heterocycles. The number of halogens is 1. The molecule has 1 heterocycles. The largest absolute Gasteiger partial charge is 0.399 e. The molecule has 0 aliphatic carbocycles. The highest BCUT2D eigenvalue weighted by Crippen LogP contribution is 2.14. The summed E-state index contributed by atoms with van der Waals surface area (Å²) >= 11 is 0. The van der Waals surface area contributed by atoms with E-state index in [1.54, 1.807) is 18.2 Å². The third-order valence-corrected chi connectivity index (χ3v) is 2.32. The molecule has 0 radical (unpaired) electrons. The Morgan fingerprint density at radius 3 is 2.47 bits per heavy atom. The molecule has 17 heavy (non-hydrogen) atoms. The highest BCUT2D eigenvalue weighted by atomic mass is 35.5. The number of carbonyl (C=O) groups excluding carboxylic acids is 2. The van der Waals surface area contributed by atoms with Crippen LogP contribution in [0.4, 0.5) is 5.69 Å². The Labute approximate surface area is 105 Å². The van der Waals surface area contributed by atoms with E-state index >= 15 is 0 Å². The Morgan fingerprint density at radius 1 is 1.24 bits per heavy atom. The number of hydrogen-bond donors (Lipinski definition) is 1. The zero-order chi connectivity index (χ0) is 11.5. The molecule has 1 aliphatic rings. The summed E-state index contributed by atoms with van der Waals surface area (Å²) < 4.78 is 0. The lowest BCUT2D eigenvalue weighted by atomic mass is 10.2. The van der Waals surface area contributed by atoms with Crippen LogP contribution in [-0.4, -0.2) is 16.9 Å². The van der Waals surface area contributed by atoms with Crippen LogP contribution in [0.15, 0.2) is 24.3 Å². The van der Waals surface area contributed by atoms with Crippen LogP contribution in [-0.2, 0) is 21.0 Å². The molecule has 2 amide bonds. The average molecular weight is 257 g/mol. The zero-order valence-electron chi connectivity index (χ0n) is 9.09. The first kappa shape index (κ1) is 13.5. The Morgan fingerprint density at radius 2 is 1.88 bits per heavy atom. The minimum atomic E-state index is -0.283. The molecule has 1 aliphatic heterocycles. The van der Waals surface area contributed by atoms with E-state index in [0.717, 1.165) is 10.6 Å². The summed E-state index contributed by atoms with van der Waals surface area (Å²) in [6.45, 7) is 0.169. The number of benzene rings is 1. The fourth-order valence-corrected chi connectivity index (χ4v) is 1.52. The van der Waals surface area contributed by atoms with Crippen molar-refractivity contribution in [2.45, 2.75) is 19.4 Å². The highest BCUT2D eigenvalue weighted by molar-refractivity contribution is 6.00. The normalized spacial score (nSPS) is 14.9. The SMILES string of the molecule is Cl.Nc1cccc(CON2C(=O)CCC2=O)c1. The molecule has 0 atom stereocenters. The third-order valence-electron chi connectivity index (χ3n) is 2.32. The van der Waals surface area contributed by atoms with Crippen LogP contribution in [0.1, 0.15) is 18.4 Å². The van der Waals surface area contributed by atoms with Crippen molar-refractivity contribution in [3.63, 3.8) is 0 Å². The van der Waals surface area contributed by atoms with Crippen molar-refractivity contribution in [1.29, 1.82) is 0 Å². The number of anilines is 1. The maximum Gasteiger partial charge on any atom is 0.254 e. The van der Waals surface area contributed by atoms with Gasteiger partial charge in [-0.1, -0.05) is 12.1 Å². The number of hydroxylamine groups is 2. The molecule has 2 rings (SSSR count). The minimum Gasteiger partial charge on any atom is -0.399 e. The van der Waals surface area contributed by atoms with E-state index in [1.165, 1.54) is 0 Å². The molecule has 92 valence electrons. The van der Waals surface area contributed by atoms with Gasteiger partial charge in [0.1, 0.15) is 6.61 Å². The van der Waals surface area contributed by atoms with Crippen LogP contribution in [0, 0.1) is 0 Å². The van der Waals surface area contributed by atoms with Crippen LogP contribution >= 0.6 is 12.4 Å². The standard InChI is InChI=1S/C11H12N2O3.ClH/c12-9-3-1-2-8(6-9)7-16-13-10(14)4-5-11(13)15;/h1-3,6H,4-5,7,12H2;1H. The molecular weight excluding hydrogens is 244 g/mol. The van der Waals surface area contributed by atoms with Gasteiger partial charge >= 0.3 is 0 Å². The number of amides is 2. The van der Waals surface area contributed by atoms with E-state index < -0.39 is 0 Å². The van der Waals surface area contributed by atoms with E-state index in [4.69, 9.17) is 10.6 Å². The van der Waals surface area contributed by atoms with Crippen LogP contribution in [0.3, 0.4) is 0 Å². The Kier molecular flexibility index (Phi) is 4.48. The summed E-state index contributed by atoms with van der Waals surface area (Å²) in [4.78, 5) is 27.6. The van der Waals surface area contributed by atoms with Crippen molar-refractivity contribution in [2.75, 3.05) is 5.73 Å². The quantitative estimate of drug-likeness (QED) is 0.653. The molecule has 1 fully saturated rings. The van der Waals surface area contributed by atoms with Gasteiger partial charge in [-0.15, -0.1) is 12.4 Å². The first-order valence-corrected chi connectivity index (χ1v) is 5.00. The fourth-order valence-electron chi connectivity index (χ4n) is 1.52. The molecular formula is C11H13ClN2O3. The second kappa shape index (κ2) is 5.65. The van der Waals surface area contributed by atoms with E-state index in [1.807, 2.05) is 6.07 Å². The lowest BCUT2D eigenvalue weighted by molar-refractivity contribution is -0.191. The molecule has 0 unspecified atom stereocenters. The van der Waals surface area contributed by atoms with Gasteiger partial charge in [0, 0.05) is 18.5 Å². The number of nitrogen functional groups attached to an aromatic ring is 1. The van der Waals surface area contributed by atoms with Gasteiger partial charge in [-0.25, -0.2) is 0 Å². The monoisotopic (exact) mass is 256 g/mol. The van der Waals surface area contributed by atoms with Gasteiger partial charge in [-0.2, -0.15) is 5.06 Å². The Balaban J connectivity index is 0.00000144. The summed E-state index contributed by atoms with van der Waals surface area (Å²) in [5, 5.41) is 0.836. The van der Waals surface area contributed by atoms with Gasteiger partial charge in [0.2, 0.25) is 0 Å². The third kappa shape index (κ3) is 3.18. The average Bonchev–Trinajstić information content (AvgIpc) is 2.56. The van der Waals surface area contributed by atoms with Crippen molar-refractivity contribution in [1.82, 2.24) is 5.06 Å². The van der Waals surface area contributed by atoms with E-state index in [2.05, 4.69) is 0 Å². The molecule has 0 saturated carbocycles. The van der Waals surface area contributed by atoms with Crippen molar-refractivity contribution in [3.8, 4) is 0 Å². The van der Waals surface area contributed by atoms with E-state index in [-0.39, 0.29) is 43.7 Å². The summed E-state index contributed by atoms with van der Waals surface area (Å²) in [6.07, 6.45) is 0.464. The molecule has 2 N–H and O–H groups in total. The van der Waals surface area contributed by atoms with Crippen molar-refractivity contribution in [3.05, 3.63) is 29.8 Å². The van der Waals surface area contributed by atoms with Crippen LogP contribution in [0.2, 0.25) is 0 Å². The van der Waals surface area contributed by atoms with Gasteiger partial charge in [0.15, 0.2) is 0 Å². The van der Waals surface area contributed by atoms with Crippen LogP contribution in [0.5, 0.6) is 0 Å². The predicted molar refractivity (Wildman–Crippen MR) is 64.0 cm³/mol. The van der Waals surface area contributed by atoms with Crippen molar-refractivity contribution < 1.29 is 14.4 Å². The van der Waals surface area contributed by atoms with Crippen molar-refractivity contribution >= 4 is 29.9 Å². The number of hydrogen-bond acceptors (Lipinski definition) is 4. The van der Waals surface area contributed by atoms with Gasteiger partial charge < -0.3 is 5.73 Å². The molecule has 0 aromatic heterocycles. The zero-order valence-corrected chi connectivity index (χ0v) is 9.90. The molecule has 0 spiro atoms. The number of rotatable bonds is 3. The van der Waals surface area contributed by atoms with E-state index in [9.17, 15) is 9.59 Å². The van der Waals surface area contributed by atoms with Crippen LogP contribution in [0.25, 0.3) is 0 Å². The Bertz CT molecular complexity index is 420. The maximum atomic E-state index is 11.2. The lowest BCUT2D eigenvalue weighted by Crippen LogP contribution is -2.29. The molecule has 6 heteroatoms. The summed E-state index contributed by atoms with van der Waals surface area (Å²) in [6, 6.07) is 7.11. The first-order valence-electron chi connectivity index (χ1n) is 5.00. The maximum absolute atomic E-state index is 11.2. The molecule has 1 aromatic rings. The summed E-state index contributed by atoms with van der Waals surface area (Å²) in [5.41, 5.74) is 7.05. The van der Waals surface area contributed by atoms with Gasteiger partial charge in [0.05, 0.1) is 0 Å². The molecule has 0 bridgehead atoms. The Hall–Kier alpha value is -1.59. The lowest BCUT2D eigenvalue weighted by Gasteiger charge is -2.13. The van der Waals surface area contributed by atoms with Crippen molar-refractivity contribution in [2.24, 2.45) is 0 Å². The predicted octanol–water partition coefficient (Wildman–Crippen LogP) is 1.27. The van der Waals surface area contributed by atoms with E-state index in [0.29, 0.717) is 5.69 Å². The van der Waals surface area contributed by atoms with Crippen LogP contribution < -0.4 is 5.73 Å². The highest BCUT2D eigenvalue weighted by Gasteiger charge is 2.30. The first-order chi connectivity index (χ1) is 7.66. The van der Waals surface area contributed by atoms with Gasteiger partial charge in [-0.05, 0) is 17.7 Å². The summed E-state index contributed by atoms with van der Waals surface area (Å²) in [5.74, 6) is -0.567. The van der Waals surface area contributed by atoms with Gasteiger partial charge in [0.25, 0.3) is 11.8 Å². The molecule has 1 aromatic carbocycles. The number of imide groups is 1. The second-order valence-electron chi connectivity index (χ2n) is 3.60. The van der Waals surface area contributed by atoms with Gasteiger partial charge in [-0.3, -0.25) is 14.4 Å². The number of nitrogens with zero attached hydrogens (tertiary/aromatic N) is 1. The second-order valence-corrected chi connectivity index (χ2v) is 3.60.